The van der Waals surface area contributed by atoms with Gasteiger partial charge in [0.05, 0.1) is 28.7 Å². The average molecular weight is 234 g/mol. The van der Waals surface area contributed by atoms with E-state index >= 15 is 0 Å². The minimum atomic E-state index is -0.668. The highest BCUT2D eigenvalue weighted by Crippen LogP contribution is 2.32. The Labute approximate surface area is 97.6 Å². The number of hydrogen-bond acceptors (Lipinski definition) is 5. The molecule has 0 heterocycles. The van der Waals surface area contributed by atoms with E-state index in [1.807, 2.05) is 0 Å². The number of nitriles is 1. The molecule has 1 aromatic rings. The lowest BCUT2D eigenvalue weighted by molar-refractivity contribution is -0.385. The van der Waals surface area contributed by atoms with E-state index in [1.165, 1.54) is 13.0 Å². The molecule has 0 aliphatic heterocycles. The molecule has 0 aliphatic carbocycles. The van der Waals surface area contributed by atoms with Crippen molar-refractivity contribution in [3.05, 3.63) is 33.4 Å². The minimum absolute atomic E-state index is 0.0533. The summed E-state index contributed by atoms with van der Waals surface area (Å²) in [5.41, 5.74) is -0.251. The summed E-state index contributed by atoms with van der Waals surface area (Å²) in [7, 11) is 0. The highest BCUT2D eigenvalue weighted by atomic mass is 16.6. The summed E-state index contributed by atoms with van der Waals surface area (Å²) in [4.78, 5) is 21.5. The number of rotatable bonds is 4. The maximum Gasteiger partial charge on any atom is 0.313 e. The summed E-state index contributed by atoms with van der Waals surface area (Å²) in [6.45, 7) is 3.13. The SMILES string of the molecule is CCOc1c(C(C)=O)cc(C#N)cc1[N+](=O)[O-]. The van der Waals surface area contributed by atoms with Gasteiger partial charge in [0, 0.05) is 6.07 Å². The van der Waals surface area contributed by atoms with Gasteiger partial charge in [0.1, 0.15) is 0 Å². The minimum Gasteiger partial charge on any atom is -0.487 e. The van der Waals surface area contributed by atoms with E-state index in [9.17, 15) is 14.9 Å². The van der Waals surface area contributed by atoms with Crippen molar-refractivity contribution >= 4 is 11.5 Å². The molecule has 17 heavy (non-hydrogen) atoms. The summed E-state index contributed by atoms with van der Waals surface area (Å²) in [6.07, 6.45) is 0. The zero-order chi connectivity index (χ0) is 13.0. The maximum absolute atomic E-state index is 11.4. The summed E-state index contributed by atoms with van der Waals surface area (Å²) in [5.74, 6) is -0.461. The van der Waals surface area contributed by atoms with Crippen molar-refractivity contribution in [1.82, 2.24) is 0 Å². The lowest BCUT2D eigenvalue weighted by Crippen LogP contribution is -2.05. The van der Waals surface area contributed by atoms with Gasteiger partial charge in [-0.1, -0.05) is 0 Å². The maximum atomic E-state index is 11.4. The Balaban J connectivity index is 3.56. The Bertz CT molecular complexity index is 482. The third-order valence-electron chi connectivity index (χ3n) is 2.06. The fourth-order valence-corrected chi connectivity index (χ4v) is 1.37. The van der Waals surface area contributed by atoms with Gasteiger partial charge in [0.15, 0.2) is 5.78 Å². The summed E-state index contributed by atoms with van der Waals surface area (Å²) in [5, 5.41) is 19.6. The highest BCUT2D eigenvalue weighted by Gasteiger charge is 2.23. The molecule has 0 saturated carbocycles. The molecule has 0 amide bonds. The molecule has 88 valence electrons. The van der Waals surface area contributed by atoms with Crippen molar-refractivity contribution in [2.45, 2.75) is 13.8 Å². The molecule has 0 bridgehead atoms. The van der Waals surface area contributed by atoms with Crippen molar-refractivity contribution in [2.24, 2.45) is 0 Å². The number of hydrogen-bond donors (Lipinski definition) is 0. The van der Waals surface area contributed by atoms with Gasteiger partial charge in [-0.3, -0.25) is 14.9 Å². The summed E-state index contributed by atoms with van der Waals surface area (Å²) < 4.78 is 5.12. The topological polar surface area (TPSA) is 93.2 Å². The second-order valence-electron chi connectivity index (χ2n) is 3.23. The second-order valence-corrected chi connectivity index (χ2v) is 3.23. The molecule has 1 rings (SSSR count). The van der Waals surface area contributed by atoms with E-state index in [2.05, 4.69) is 0 Å². The van der Waals surface area contributed by atoms with Crippen molar-refractivity contribution in [3.63, 3.8) is 0 Å². The van der Waals surface area contributed by atoms with E-state index in [0.717, 1.165) is 6.07 Å². The Hall–Kier alpha value is -2.42. The standard InChI is InChI=1S/C11H10N2O4/c1-3-17-11-9(7(2)14)4-8(6-12)5-10(11)13(15)16/h4-5H,3H2,1-2H3. The van der Waals surface area contributed by atoms with E-state index in [1.54, 1.807) is 13.0 Å². The molecule has 0 atom stereocenters. The Morgan fingerprint density at radius 1 is 1.59 bits per heavy atom. The molecule has 6 heteroatoms. The number of benzene rings is 1. The van der Waals surface area contributed by atoms with Gasteiger partial charge in [0.25, 0.3) is 0 Å². The predicted octanol–water partition coefficient (Wildman–Crippen LogP) is 2.07. The first-order valence-corrected chi connectivity index (χ1v) is 4.87. The molecule has 0 radical (unpaired) electrons. The fraction of sp³-hybridized carbons (Fsp3) is 0.273. The highest BCUT2D eigenvalue weighted by molar-refractivity contribution is 5.98. The van der Waals surface area contributed by atoms with Gasteiger partial charge >= 0.3 is 5.69 Å². The van der Waals surface area contributed by atoms with Crippen LogP contribution in [0, 0.1) is 21.4 Å². The van der Waals surface area contributed by atoms with Crippen LogP contribution in [0.3, 0.4) is 0 Å². The van der Waals surface area contributed by atoms with Gasteiger partial charge in [-0.2, -0.15) is 5.26 Å². The number of nitro benzene ring substituents is 1. The average Bonchev–Trinajstić information content (AvgIpc) is 2.28. The van der Waals surface area contributed by atoms with Crippen molar-refractivity contribution in [1.29, 1.82) is 5.26 Å². The van der Waals surface area contributed by atoms with Gasteiger partial charge in [-0.15, -0.1) is 0 Å². The predicted molar refractivity (Wildman–Crippen MR) is 59.0 cm³/mol. The summed E-state index contributed by atoms with van der Waals surface area (Å²) >= 11 is 0. The van der Waals surface area contributed by atoms with Crippen LogP contribution in [-0.4, -0.2) is 17.3 Å². The molecular formula is C11H10N2O4. The van der Waals surface area contributed by atoms with Crippen molar-refractivity contribution < 1.29 is 14.5 Å². The Morgan fingerprint density at radius 2 is 2.24 bits per heavy atom. The third-order valence-corrected chi connectivity index (χ3v) is 2.06. The number of carbonyl (C=O) groups is 1. The molecular weight excluding hydrogens is 224 g/mol. The number of ether oxygens (including phenoxy) is 1. The van der Waals surface area contributed by atoms with Crippen LogP contribution in [0.2, 0.25) is 0 Å². The molecule has 0 fully saturated rings. The van der Waals surface area contributed by atoms with Crippen LogP contribution in [0.25, 0.3) is 0 Å². The third kappa shape index (κ3) is 2.58. The second kappa shape index (κ2) is 5.07. The van der Waals surface area contributed by atoms with Crippen LogP contribution < -0.4 is 4.74 Å². The Morgan fingerprint density at radius 3 is 2.65 bits per heavy atom. The van der Waals surface area contributed by atoms with Gasteiger partial charge in [0.2, 0.25) is 5.75 Å². The quantitative estimate of drug-likeness (QED) is 0.451. The van der Waals surface area contributed by atoms with E-state index < -0.39 is 4.92 Å². The normalized spacial score (nSPS) is 9.47. The molecule has 6 nitrogen and oxygen atoms in total. The number of nitrogens with zero attached hydrogens (tertiary/aromatic N) is 2. The lowest BCUT2D eigenvalue weighted by atomic mass is 10.1. The molecule has 0 saturated heterocycles. The smallest absolute Gasteiger partial charge is 0.313 e. The zero-order valence-electron chi connectivity index (χ0n) is 9.39. The number of ketones is 1. The first-order chi connectivity index (χ1) is 8.01. The van der Waals surface area contributed by atoms with Crippen molar-refractivity contribution in [2.75, 3.05) is 6.61 Å². The van der Waals surface area contributed by atoms with Crippen LogP contribution in [0.15, 0.2) is 12.1 Å². The van der Waals surface area contributed by atoms with E-state index in [-0.39, 0.29) is 35.0 Å². The van der Waals surface area contributed by atoms with Crippen LogP contribution in [0.4, 0.5) is 5.69 Å². The van der Waals surface area contributed by atoms with Gasteiger partial charge in [-0.25, -0.2) is 0 Å². The molecule has 0 N–H and O–H groups in total. The van der Waals surface area contributed by atoms with Crippen LogP contribution >= 0.6 is 0 Å². The molecule has 0 spiro atoms. The first-order valence-electron chi connectivity index (χ1n) is 4.87. The van der Waals surface area contributed by atoms with Crippen LogP contribution in [0.1, 0.15) is 29.8 Å². The zero-order valence-corrected chi connectivity index (χ0v) is 9.39. The molecule has 1 aromatic carbocycles. The fourth-order valence-electron chi connectivity index (χ4n) is 1.37. The van der Waals surface area contributed by atoms with Gasteiger partial charge in [-0.05, 0) is 19.9 Å². The monoisotopic (exact) mass is 234 g/mol. The number of Topliss-reactive ketones (excluding diaryl/α,β-unsaturated/α-hetero) is 1. The van der Waals surface area contributed by atoms with Crippen molar-refractivity contribution in [3.8, 4) is 11.8 Å². The lowest BCUT2D eigenvalue weighted by Gasteiger charge is -2.08. The number of carbonyl (C=O) groups excluding carboxylic acids is 1. The Kier molecular flexibility index (Phi) is 3.78. The molecule has 0 aliphatic rings. The summed E-state index contributed by atoms with van der Waals surface area (Å²) in [6, 6.07) is 4.16. The largest absolute Gasteiger partial charge is 0.487 e. The van der Waals surface area contributed by atoms with E-state index in [4.69, 9.17) is 10.00 Å². The van der Waals surface area contributed by atoms with Crippen LogP contribution in [-0.2, 0) is 0 Å². The molecule has 0 unspecified atom stereocenters. The van der Waals surface area contributed by atoms with Crippen LogP contribution in [0.5, 0.6) is 5.75 Å². The number of nitro groups is 1. The molecule has 0 aromatic heterocycles. The first kappa shape index (κ1) is 12.6. The van der Waals surface area contributed by atoms with Gasteiger partial charge < -0.3 is 4.74 Å². The van der Waals surface area contributed by atoms with E-state index in [0.29, 0.717) is 0 Å².